The molecule has 15 nitrogen and oxygen atoms in total. The standard InChI is InChI=1S/C51H51N7O8/c1-58(26-22-46(61)54-42-30-36(48(63)52-24-20-34-12-16-44(59)17-13-34)28-38(32-42)50(65)56-40-8-4-2-5-9-40)27-23-47(62)55-43-31-37(49(64)53-25-21-35-14-18-45(60)19-15-35)29-39(33-43)51(66)57-41-10-6-3-7-11-41/h2-19,28-33,59-60H,20-27H2,1H3,(H,52,63)(H,53,64)(H,54,61)(H,55,62)(H,56,65)(H,57,66). The Kier molecular flexibility index (Phi) is 16.7. The predicted octanol–water partition coefficient (Wildman–Crippen LogP) is 6.84. The number of hydrogen-bond donors (Lipinski definition) is 8. The first-order valence-corrected chi connectivity index (χ1v) is 21.3. The van der Waals surface area contributed by atoms with Gasteiger partial charge in [0, 0.05) is 84.0 Å². The number of carbonyl (C=O) groups excluding carboxylic acids is 6. The monoisotopic (exact) mass is 889 g/mol. The van der Waals surface area contributed by atoms with E-state index in [1.54, 1.807) is 109 Å². The zero-order chi connectivity index (χ0) is 46.8. The molecule has 0 radical (unpaired) electrons. The highest BCUT2D eigenvalue weighted by molar-refractivity contribution is 6.09. The molecule has 0 spiro atoms. The Labute approximate surface area is 382 Å². The average Bonchev–Trinajstić information content (AvgIpc) is 3.31. The molecule has 15 heteroatoms. The Bertz CT molecular complexity index is 2460. The van der Waals surface area contributed by atoms with Crippen molar-refractivity contribution < 1.29 is 39.0 Å². The molecule has 0 aliphatic heterocycles. The average molecular weight is 890 g/mol. The van der Waals surface area contributed by atoms with Crippen molar-refractivity contribution >= 4 is 58.2 Å². The van der Waals surface area contributed by atoms with Gasteiger partial charge in [0.25, 0.3) is 23.6 Å². The minimum atomic E-state index is -0.475. The van der Waals surface area contributed by atoms with Crippen molar-refractivity contribution in [2.75, 3.05) is 54.5 Å². The summed E-state index contributed by atoms with van der Waals surface area (Å²) in [6, 6.07) is 39.8. The summed E-state index contributed by atoms with van der Waals surface area (Å²) in [6.45, 7) is 1.11. The number of benzene rings is 6. The molecule has 0 aromatic heterocycles. The number of amides is 6. The maximum atomic E-state index is 13.3. The van der Waals surface area contributed by atoms with Gasteiger partial charge >= 0.3 is 0 Å². The van der Waals surface area contributed by atoms with Crippen molar-refractivity contribution in [2.45, 2.75) is 25.7 Å². The molecule has 338 valence electrons. The van der Waals surface area contributed by atoms with E-state index in [4.69, 9.17) is 0 Å². The van der Waals surface area contributed by atoms with E-state index in [0.717, 1.165) is 11.1 Å². The second-order valence-electron chi connectivity index (χ2n) is 15.5. The normalized spacial score (nSPS) is 10.7. The smallest absolute Gasteiger partial charge is 0.255 e. The van der Waals surface area contributed by atoms with Crippen LogP contribution in [-0.4, -0.2) is 83.8 Å². The van der Waals surface area contributed by atoms with Crippen molar-refractivity contribution in [3.05, 3.63) is 179 Å². The number of nitrogens with one attached hydrogen (secondary N) is 6. The van der Waals surface area contributed by atoms with Gasteiger partial charge in [0.15, 0.2) is 0 Å². The van der Waals surface area contributed by atoms with Crippen LogP contribution in [0, 0.1) is 0 Å². The lowest BCUT2D eigenvalue weighted by atomic mass is 10.1. The Balaban J connectivity index is 1.04. The third kappa shape index (κ3) is 14.9. The number of para-hydroxylation sites is 2. The van der Waals surface area contributed by atoms with Crippen LogP contribution >= 0.6 is 0 Å². The van der Waals surface area contributed by atoms with Crippen LogP contribution in [-0.2, 0) is 22.4 Å². The number of carbonyl (C=O) groups is 6. The molecule has 8 N–H and O–H groups in total. The van der Waals surface area contributed by atoms with E-state index in [0.29, 0.717) is 24.2 Å². The lowest BCUT2D eigenvalue weighted by Gasteiger charge is -2.17. The van der Waals surface area contributed by atoms with Crippen LogP contribution < -0.4 is 31.9 Å². The molecule has 0 fully saturated rings. The molecule has 0 atom stereocenters. The van der Waals surface area contributed by atoms with Gasteiger partial charge in [0.2, 0.25) is 11.8 Å². The Morgan fingerprint density at radius 1 is 0.424 bits per heavy atom. The lowest BCUT2D eigenvalue weighted by Crippen LogP contribution is -2.28. The van der Waals surface area contributed by atoms with Gasteiger partial charge in [-0.1, -0.05) is 60.7 Å². The van der Waals surface area contributed by atoms with E-state index in [1.807, 2.05) is 12.1 Å². The van der Waals surface area contributed by atoms with Crippen molar-refractivity contribution in [1.29, 1.82) is 0 Å². The molecule has 6 aromatic rings. The van der Waals surface area contributed by atoms with E-state index in [1.165, 1.54) is 36.4 Å². The molecule has 0 bridgehead atoms. The third-order valence-corrected chi connectivity index (χ3v) is 10.3. The first-order valence-electron chi connectivity index (χ1n) is 21.3. The molecular weight excluding hydrogens is 839 g/mol. The number of phenolic OH excluding ortho intramolecular Hbond substituents is 2. The molecule has 6 aromatic carbocycles. The fraction of sp³-hybridized carbons (Fsp3) is 0.176. The first kappa shape index (κ1) is 47.2. The summed E-state index contributed by atoms with van der Waals surface area (Å²) >= 11 is 0. The predicted molar refractivity (Wildman–Crippen MR) is 254 cm³/mol. The minimum Gasteiger partial charge on any atom is -0.508 e. The number of nitrogens with zero attached hydrogens (tertiary/aromatic N) is 1. The third-order valence-electron chi connectivity index (χ3n) is 10.3. The van der Waals surface area contributed by atoms with E-state index in [2.05, 4.69) is 31.9 Å². The second kappa shape index (κ2) is 23.4. The van der Waals surface area contributed by atoms with Crippen LogP contribution in [0.1, 0.15) is 65.4 Å². The number of hydrogen-bond acceptors (Lipinski definition) is 9. The summed E-state index contributed by atoms with van der Waals surface area (Å²) in [4.78, 5) is 81.5. The van der Waals surface area contributed by atoms with Crippen LogP contribution in [0.15, 0.2) is 146 Å². The van der Waals surface area contributed by atoms with Crippen molar-refractivity contribution in [3.63, 3.8) is 0 Å². The molecule has 6 rings (SSSR count). The van der Waals surface area contributed by atoms with Crippen molar-refractivity contribution in [1.82, 2.24) is 15.5 Å². The number of phenols is 2. The van der Waals surface area contributed by atoms with Crippen LogP contribution in [0.2, 0.25) is 0 Å². The molecule has 0 saturated heterocycles. The summed E-state index contributed by atoms with van der Waals surface area (Å²) in [5.41, 5.74) is 4.07. The number of rotatable bonds is 20. The quantitative estimate of drug-likeness (QED) is 0.0402. The molecule has 66 heavy (non-hydrogen) atoms. The Morgan fingerprint density at radius 2 is 0.773 bits per heavy atom. The van der Waals surface area contributed by atoms with Crippen molar-refractivity contribution in [2.24, 2.45) is 0 Å². The summed E-state index contributed by atoms with van der Waals surface area (Å²) in [7, 11) is 1.75. The van der Waals surface area contributed by atoms with Gasteiger partial charge < -0.3 is 47.0 Å². The number of aromatic hydroxyl groups is 2. The van der Waals surface area contributed by atoms with E-state index in [-0.39, 0.29) is 96.0 Å². The summed E-state index contributed by atoms with van der Waals surface area (Å²) in [5.74, 6) is -2.32. The molecule has 0 saturated carbocycles. The maximum Gasteiger partial charge on any atom is 0.255 e. The Hall–Kier alpha value is -8.30. The first-order chi connectivity index (χ1) is 31.9. The van der Waals surface area contributed by atoms with E-state index >= 15 is 0 Å². The molecule has 0 unspecified atom stereocenters. The van der Waals surface area contributed by atoms with Gasteiger partial charge in [0.05, 0.1) is 0 Å². The minimum absolute atomic E-state index is 0.0243. The highest BCUT2D eigenvalue weighted by Gasteiger charge is 2.18. The maximum absolute atomic E-state index is 13.3. The molecular formula is C51H51N7O8. The van der Waals surface area contributed by atoms with Crippen LogP contribution in [0.5, 0.6) is 11.5 Å². The fourth-order valence-corrected chi connectivity index (χ4v) is 6.69. The van der Waals surface area contributed by atoms with Crippen molar-refractivity contribution in [3.8, 4) is 11.5 Å². The summed E-state index contributed by atoms with van der Waals surface area (Å²) in [5, 5.41) is 36.0. The van der Waals surface area contributed by atoms with E-state index < -0.39 is 23.6 Å². The molecule has 0 aliphatic carbocycles. The summed E-state index contributed by atoms with van der Waals surface area (Å²) < 4.78 is 0. The second-order valence-corrected chi connectivity index (χ2v) is 15.5. The fourth-order valence-electron chi connectivity index (χ4n) is 6.69. The van der Waals surface area contributed by atoms with Crippen LogP contribution in [0.25, 0.3) is 0 Å². The highest BCUT2D eigenvalue weighted by atomic mass is 16.3. The van der Waals surface area contributed by atoms with Gasteiger partial charge in [-0.25, -0.2) is 0 Å². The molecule has 0 heterocycles. The largest absolute Gasteiger partial charge is 0.508 e. The molecule has 6 amide bonds. The highest BCUT2D eigenvalue weighted by Crippen LogP contribution is 2.20. The van der Waals surface area contributed by atoms with Crippen LogP contribution in [0.3, 0.4) is 0 Å². The SMILES string of the molecule is CN(CCC(=O)Nc1cc(C(=O)NCCc2ccc(O)cc2)cc(C(=O)Nc2ccccc2)c1)CCC(=O)Nc1cc(C(=O)NCCc2ccc(O)cc2)cc(C(=O)Nc2ccccc2)c1. The van der Waals surface area contributed by atoms with Gasteiger partial charge in [-0.3, -0.25) is 28.8 Å². The zero-order valence-corrected chi connectivity index (χ0v) is 36.3. The van der Waals surface area contributed by atoms with Gasteiger partial charge in [-0.05, 0) is 116 Å². The lowest BCUT2D eigenvalue weighted by molar-refractivity contribution is -0.116. The van der Waals surface area contributed by atoms with Gasteiger partial charge in [-0.2, -0.15) is 0 Å². The topological polar surface area (TPSA) is 218 Å². The zero-order valence-electron chi connectivity index (χ0n) is 36.3. The van der Waals surface area contributed by atoms with Gasteiger partial charge in [0.1, 0.15) is 11.5 Å². The Morgan fingerprint density at radius 3 is 1.14 bits per heavy atom. The number of anilines is 4. The van der Waals surface area contributed by atoms with E-state index in [9.17, 15) is 39.0 Å². The molecule has 0 aliphatic rings. The summed E-state index contributed by atoms with van der Waals surface area (Å²) in [6.07, 6.45) is 1.06. The van der Waals surface area contributed by atoms with Gasteiger partial charge in [-0.15, -0.1) is 0 Å². The van der Waals surface area contributed by atoms with Crippen LogP contribution in [0.4, 0.5) is 22.7 Å².